The molecule has 1 saturated heterocycles. The number of hydrogen-bond acceptors (Lipinski definition) is 4. The number of aromatic nitrogens is 2. The summed E-state index contributed by atoms with van der Waals surface area (Å²) in [6.07, 6.45) is 1.58. The molecule has 6 nitrogen and oxygen atoms in total. The molecular formula is C16H22N4O2S. The summed E-state index contributed by atoms with van der Waals surface area (Å²) in [5.41, 5.74) is 1.81. The van der Waals surface area contributed by atoms with Crippen LogP contribution in [0.5, 0.6) is 0 Å². The number of nitrogens with zero attached hydrogens (tertiary/aromatic N) is 4. The molecule has 1 aromatic carbocycles. The second-order valence-corrected chi connectivity index (χ2v) is 7.82. The Morgan fingerprint density at radius 2 is 1.74 bits per heavy atom. The second kappa shape index (κ2) is 6.43. The minimum atomic E-state index is -3.44. The number of sulfonamides is 1. The van der Waals surface area contributed by atoms with Crippen LogP contribution in [0.1, 0.15) is 11.3 Å². The molecule has 0 unspecified atom stereocenters. The van der Waals surface area contributed by atoms with E-state index in [2.05, 4.69) is 22.1 Å². The molecule has 0 bridgehead atoms. The van der Waals surface area contributed by atoms with Gasteiger partial charge in [0.05, 0.1) is 5.69 Å². The second-order valence-electron chi connectivity index (χ2n) is 5.92. The van der Waals surface area contributed by atoms with Crippen molar-refractivity contribution in [1.29, 1.82) is 0 Å². The third kappa shape index (κ3) is 3.46. The van der Waals surface area contributed by atoms with Crippen LogP contribution in [0.15, 0.2) is 41.4 Å². The van der Waals surface area contributed by atoms with Gasteiger partial charge in [-0.2, -0.15) is 9.40 Å². The average molecular weight is 334 g/mol. The summed E-state index contributed by atoms with van der Waals surface area (Å²) in [6.45, 7) is 5.12. The smallest absolute Gasteiger partial charge is 0.246 e. The van der Waals surface area contributed by atoms with Gasteiger partial charge in [0, 0.05) is 46.0 Å². The Balaban J connectivity index is 1.65. The molecule has 1 aliphatic rings. The lowest BCUT2D eigenvalue weighted by Gasteiger charge is -2.33. The maximum absolute atomic E-state index is 12.7. The molecule has 0 radical (unpaired) electrons. The molecule has 3 rings (SSSR count). The minimum Gasteiger partial charge on any atom is -0.296 e. The van der Waals surface area contributed by atoms with Crippen molar-refractivity contribution in [2.75, 3.05) is 26.2 Å². The van der Waals surface area contributed by atoms with Crippen molar-refractivity contribution in [3.05, 3.63) is 47.8 Å². The van der Waals surface area contributed by atoms with Crippen LogP contribution in [0.2, 0.25) is 0 Å². The van der Waals surface area contributed by atoms with Crippen molar-refractivity contribution < 1.29 is 8.42 Å². The molecule has 0 atom stereocenters. The monoisotopic (exact) mass is 334 g/mol. The fourth-order valence-corrected chi connectivity index (χ4v) is 4.56. The van der Waals surface area contributed by atoms with Gasteiger partial charge in [-0.1, -0.05) is 30.3 Å². The Bertz CT molecular complexity index is 763. The fourth-order valence-electron chi connectivity index (χ4n) is 2.94. The van der Waals surface area contributed by atoms with Crippen molar-refractivity contribution in [3.8, 4) is 0 Å². The van der Waals surface area contributed by atoms with E-state index in [1.54, 1.807) is 29.2 Å². The van der Waals surface area contributed by atoms with E-state index in [0.717, 1.165) is 19.6 Å². The summed E-state index contributed by atoms with van der Waals surface area (Å²) < 4.78 is 28.6. The lowest BCUT2D eigenvalue weighted by atomic mass is 10.2. The lowest BCUT2D eigenvalue weighted by Crippen LogP contribution is -2.48. The fraction of sp³-hybridized carbons (Fsp3) is 0.438. The molecule has 0 aliphatic carbocycles. The lowest BCUT2D eigenvalue weighted by molar-refractivity contribution is 0.181. The van der Waals surface area contributed by atoms with Crippen LogP contribution in [0.25, 0.3) is 0 Å². The van der Waals surface area contributed by atoms with Crippen LogP contribution in [-0.4, -0.2) is 53.6 Å². The number of aryl methyl sites for hydroxylation is 2. The molecule has 2 aromatic rings. The predicted octanol–water partition coefficient (Wildman–Crippen LogP) is 1.24. The van der Waals surface area contributed by atoms with E-state index in [4.69, 9.17) is 0 Å². The number of piperazine rings is 1. The third-order valence-corrected chi connectivity index (χ3v) is 6.17. The Hall–Kier alpha value is -1.70. The van der Waals surface area contributed by atoms with E-state index >= 15 is 0 Å². The molecule has 1 fully saturated rings. The summed E-state index contributed by atoms with van der Waals surface area (Å²) in [5, 5.41) is 4.14. The summed E-state index contributed by atoms with van der Waals surface area (Å²) in [4.78, 5) is 2.61. The van der Waals surface area contributed by atoms with Crippen LogP contribution < -0.4 is 0 Å². The van der Waals surface area contributed by atoms with Crippen LogP contribution in [-0.2, 0) is 23.6 Å². The highest BCUT2D eigenvalue weighted by atomic mass is 32.2. The van der Waals surface area contributed by atoms with E-state index < -0.39 is 10.0 Å². The van der Waals surface area contributed by atoms with Crippen LogP contribution in [0.4, 0.5) is 0 Å². The van der Waals surface area contributed by atoms with Crippen LogP contribution in [0.3, 0.4) is 0 Å². The first-order valence-corrected chi connectivity index (χ1v) is 9.17. The summed E-state index contributed by atoms with van der Waals surface area (Å²) in [5.74, 6) is 0. The van der Waals surface area contributed by atoms with Crippen molar-refractivity contribution in [2.24, 2.45) is 7.05 Å². The summed E-state index contributed by atoms with van der Waals surface area (Å²) in [7, 11) is -1.70. The van der Waals surface area contributed by atoms with Gasteiger partial charge in [-0.05, 0) is 12.5 Å². The van der Waals surface area contributed by atoms with E-state index in [1.807, 2.05) is 18.2 Å². The Kier molecular flexibility index (Phi) is 4.52. The normalized spacial score (nSPS) is 17.5. The van der Waals surface area contributed by atoms with Crippen molar-refractivity contribution in [3.63, 3.8) is 0 Å². The van der Waals surface area contributed by atoms with Crippen molar-refractivity contribution in [2.45, 2.75) is 18.4 Å². The highest BCUT2D eigenvalue weighted by molar-refractivity contribution is 7.89. The Morgan fingerprint density at radius 1 is 1.09 bits per heavy atom. The molecule has 7 heteroatoms. The van der Waals surface area contributed by atoms with Gasteiger partial charge in [0.1, 0.15) is 4.90 Å². The van der Waals surface area contributed by atoms with Gasteiger partial charge in [-0.25, -0.2) is 8.42 Å². The van der Waals surface area contributed by atoms with Gasteiger partial charge < -0.3 is 0 Å². The van der Waals surface area contributed by atoms with E-state index in [1.165, 1.54) is 5.56 Å². The maximum Gasteiger partial charge on any atom is 0.246 e. The quantitative estimate of drug-likeness (QED) is 0.844. The van der Waals surface area contributed by atoms with Crippen LogP contribution >= 0.6 is 0 Å². The standard InChI is InChI=1S/C16H22N4O2S/c1-14-16(13-18(2)17-14)23(21,22)20-10-8-19(9-11-20)12-15-6-4-3-5-7-15/h3-7,13H,8-12H2,1-2H3. The highest BCUT2D eigenvalue weighted by Crippen LogP contribution is 2.20. The molecule has 0 saturated carbocycles. The summed E-state index contributed by atoms with van der Waals surface area (Å²) in [6, 6.07) is 10.3. The average Bonchev–Trinajstić information content (AvgIpc) is 2.88. The van der Waals surface area contributed by atoms with E-state index in [0.29, 0.717) is 23.7 Å². The first kappa shape index (κ1) is 16.2. The molecule has 124 valence electrons. The van der Waals surface area contributed by atoms with E-state index in [-0.39, 0.29) is 0 Å². The van der Waals surface area contributed by atoms with Crippen LogP contribution in [0, 0.1) is 6.92 Å². The predicted molar refractivity (Wildman–Crippen MR) is 88.4 cm³/mol. The number of benzene rings is 1. The molecule has 23 heavy (non-hydrogen) atoms. The first-order chi connectivity index (χ1) is 11.0. The van der Waals surface area contributed by atoms with Gasteiger partial charge in [-0.15, -0.1) is 0 Å². The molecule has 1 aliphatic heterocycles. The Morgan fingerprint density at radius 3 is 2.30 bits per heavy atom. The zero-order valence-corrected chi connectivity index (χ0v) is 14.3. The first-order valence-electron chi connectivity index (χ1n) is 7.73. The van der Waals surface area contributed by atoms with Gasteiger partial charge in [-0.3, -0.25) is 9.58 Å². The molecule has 1 aromatic heterocycles. The maximum atomic E-state index is 12.7. The number of hydrogen-bond donors (Lipinski definition) is 0. The van der Waals surface area contributed by atoms with Gasteiger partial charge in [0.15, 0.2) is 0 Å². The Labute approximate surface area is 137 Å². The van der Waals surface area contributed by atoms with Crippen molar-refractivity contribution >= 4 is 10.0 Å². The topological polar surface area (TPSA) is 58.4 Å². The van der Waals surface area contributed by atoms with Gasteiger partial charge >= 0.3 is 0 Å². The molecule has 0 N–H and O–H groups in total. The number of rotatable bonds is 4. The SMILES string of the molecule is Cc1nn(C)cc1S(=O)(=O)N1CCN(Cc2ccccc2)CC1. The zero-order chi connectivity index (χ0) is 16.4. The minimum absolute atomic E-state index is 0.316. The summed E-state index contributed by atoms with van der Waals surface area (Å²) >= 11 is 0. The van der Waals surface area contributed by atoms with E-state index in [9.17, 15) is 8.42 Å². The van der Waals surface area contributed by atoms with Crippen molar-refractivity contribution in [1.82, 2.24) is 19.0 Å². The third-order valence-electron chi connectivity index (χ3n) is 4.17. The zero-order valence-electron chi connectivity index (χ0n) is 13.5. The largest absolute Gasteiger partial charge is 0.296 e. The molecule has 0 amide bonds. The molecule has 0 spiro atoms. The van der Waals surface area contributed by atoms with Gasteiger partial charge in [0.25, 0.3) is 0 Å². The molecule has 2 heterocycles. The highest BCUT2D eigenvalue weighted by Gasteiger charge is 2.30. The van der Waals surface area contributed by atoms with Gasteiger partial charge in [0.2, 0.25) is 10.0 Å². The molecular weight excluding hydrogens is 312 g/mol.